The van der Waals surface area contributed by atoms with Crippen LogP contribution >= 0.6 is 0 Å². The van der Waals surface area contributed by atoms with Gasteiger partial charge in [-0.05, 0) is 24.7 Å². The lowest BCUT2D eigenvalue weighted by atomic mass is 9.68. The number of fused-ring (bicyclic) bond motifs is 1. The first-order valence-electron chi connectivity index (χ1n) is 6.07. The fourth-order valence-corrected chi connectivity index (χ4v) is 3.42. The number of hydrogen-bond donors (Lipinski definition) is 0. The number of carbonyl (C=O) groups is 1. The van der Waals surface area contributed by atoms with E-state index >= 15 is 0 Å². The van der Waals surface area contributed by atoms with E-state index in [0.717, 1.165) is 51.7 Å². The summed E-state index contributed by atoms with van der Waals surface area (Å²) in [4.78, 5) is 11.4. The zero-order chi connectivity index (χ0) is 10.3. The molecule has 1 spiro atoms. The SMILES string of the molecule is O=C1CC[C@H]2CC3(CC[C@@H]2C1)OCCO3. The molecule has 15 heavy (non-hydrogen) atoms. The van der Waals surface area contributed by atoms with Gasteiger partial charge in [0.2, 0.25) is 0 Å². The van der Waals surface area contributed by atoms with Crippen molar-refractivity contribution in [2.24, 2.45) is 11.8 Å². The third-order valence-electron chi connectivity index (χ3n) is 4.23. The Hall–Kier alpha value is -0.410. The second kappa shape index (κ2) is 3.56. The van der Waals surface area contributed by atoms with Crippen LogP contribution in [0.2, 0.25) is 0 Å². The van der Waals surface area contributed by atoms with Gasteiger partial charge in [0, 0.05) is 25.7 Å². The van der Waals surface area contributed by atoms with Crippen molar-refractivity contribution in [2.45, 2.75) is 44.3 Å². The molecular weight excluding hydrogens is 192 g/mol. The van der Waals surface area contributed by atoms with Crippen LogP contribution in [0, 0.1) is 11.8 Å². The Kier molecular flexibility index (Phi) is 2.33. The van der Waals surface area contributed by atoms with E-state index in [4.69, 9.17) is 9.47 Å². The maximum absolute atomic E-state index is 11.4. The first kappa shape index (κ1) is 9.79. The van der Waals surface area contributed by atoms with Gasteiger partial charge < -0.3 is 9.47 Å². The van der Waals surface area contributed by atoms with Crippen molar-refractivity contribution in [1.82, 2.24) is 0 Å². The Bertz CT molecular complexity index is 268. The lowest BCUT2D eigenvalue weighted by Crippen LogP contribution is -2.42. The summed E-state index contributed by atoms with van der Waals surface area (Å²) in [7, 11) is 0. The summed E-state index contributed by atoms with van der Waals surface area (Å²) in [5.74, 6) is 1.47. The molecule has 0 aromatic rings. The molecule has 1 saturated heterocycles. The number of Topliss-reactive ketones (excluding diaryl/α,β-unsaturated/α-hetero) is 1. The fraction of sp³-hybridized carbons (Fsp3) is 0.917. The Morgan fingerprint density at radius 2 is 1.93 bits per heavy atom. The van der Waals surface area contributed by atoms with E-state index in [1.165, 1.54) is 0 Å². The molecule has 0 bridgehead atoms. The van der Waals surface area contributed by atoms with E-state index in [9.17, 15) is 4.79 Å². The van der Waals surface area contributed by atoms with Crippen LogP contribution < -0.4 is 0 Å². The highest BCUT2D eigenvalue weighted by atomic mass is 16.7. The molecule has 0 radical (unpaired) electrons. The normalized spacial score (nSPS) is 39.3. The largest absolute Gasteiger partial charge is 0.348 e. The summed E-state index contributed by atoms with van der Waals surface area (Å²) in [6, 6.07) is 0. The second-order valence-corrected chi connectivity index (χ2v) is 5.15. The van der Waals surface area contributed by atoms with E-state index in [1.54, 1.807) is 0 Å². The van der Waals surface area contributed by atoms with Crippen molar-refractivity contribution in [3.8, 4) is 0 Å². The third kappa shape index (κ3) is 1.72. The standard InChI is InChI=1S/C12H18O3/c13-11-2-1-10-8-12(14-5-6-15-12)4-3-9(10)7-11/h9-10H,1-8H2/t9-,10+/m1/s1. The first-order chi connectivity index (χ1) is 7.27. The molecule has 3 aliphatic rings. The van der Waals surface area contributed by atoms with Gasteiger partial charge in [0.25, 0.3) is 0 Å². The highest BCUT2D eigenvalue weighted by Gasteiger charge is 2.46. The average molecular weight is 210 g/mol. The van der Waals surface area contributed by atoms with Crippen molar-refractivity contribution in [2.75, 3.05) is 13.2 Å². The topological polar surface area (TPSA) is 35.5 Å². The van der Waals surface area contributed by atoms with E-state index in [1.807, 2.05) is 0 Å². The minimum atomic E-state index is -0.262. The Morgan fingerprint density at radius 1 is 1.13 bits per heavy atom. The molecule has 2 aliphatic carbocycles. The third-order valence-corrected chi connectivity index (χ3v) is 4.23. The summed E-state index contributed by atoms with van der Waals surface area (Å²) in [5, 5.41) is 0. The molecule has 3 heteroatoms. The van der Waals surface area contributed by atoms with E-state index in [2.05, 4.69) is 0 Å². The maximum atomic E-state index is 11.4. The van der Waals surface area contributed by atoms with Crippen molar-refractivity contribution in [3.63, 3.8) is 0 Å². The fourth-order valence-electron chi connectivity index (χ4n) is 3.42. The van der Waals surface area contributed by atoms with Crippen LogP contribution in [0.4, 0.5) is 0 Å². The quantitative estimate of drug-likeness (QED) is 0.612. The van der Waals surface area contributed by atoms with Crippen LogP contribution in [0.1, 0.15) is 38.5 Å². The minimum absolute atomic E-state index is 0.262. The van der Waals surface area contributed by atoms with E-state index in [-0.39, 0.29) is 5.79 Å². The van der Waals surface area contributed by atoms with Crippen molar-refractivity contribution in [1.29, 1.82) is 0 Å². The zero-order valence-corrected chi connectivity index (χ0v) is 9.04. The van der Waals surface area contributed by atoms with Gasteiger partial charge in [-0.25, -0.2) is 0 Å². The Labute approximate surface area is 90.1 Å². The maximum Gasteiger partial charge on any atom is 0.168 e. The van der Waals surface area contributed by atoms with Crippen LogP contribution in [-0.4, -0.2) is 24.8 Å². The molecule has 2 saturated carbocycles. The van der Waals surface area contributed by atoms with Crippen molar-refractivity contribution in [3.05, 3.63) is 0 Å². The Morgan fingerprint density at radius 3 is 2.73 bits per heavy atom. The number of ether oxygens (including phenoxy) is 2. The summed E-state index contributed by atoms with van der Waals surface area (Å²) in [6.07, 6.45) is 5.75. The molecule has 3 nitrogen and oxygen atoms in total. The van der Waals surface area contributed by atoms with Gasteiger partial charge in [-0.1, -0.05) is 0 Å². The summed E-state index contributed by atoms with van der Waals surface area (Å²) < 4.78 is 11.5. The summed E-state index contributed by atoms with van der Waals surface area (Å²) >= 11 is 0. The van der Waals surface area contributed by atoms with Crippen LogP contribution in [0.3, 0.4) is 0 Å². The van der Waals surface area contributed by atoms with Gasteiger partial charge in [0.15, 0.2) is 5.79 Å². The van der Waals surface area contributed by atoms with Gasteiger partial charge in [-0.2, -0.15) is 0 Å². The Balaban J connectivity index is 1.70. The number of rotatable bonds is 0. The van der Waals surface area contributed by atoms with E-state index < -0.39 is 0 Å². The molecule has 0 amide bonds. The molecule has 0 aromatic heterocycles. The van der Waals surface area contributed by atoms with Crippen molar-refractivity contribution < 1.29 is 14.3 Å². The lowest BCUT2D eigenvalue weighted by molar-refractivity contribution is -0.198. The molecule has 1 aliphatic heterocycles. The van der Waals surface area contributed by atoms with Crippen LogP contribution in [0.25, 0.3) is 0 Å². The van der Waals surface area contributed by atoms with Crippen molar-refractivity contribution >= 4 is 5.78 Å². The van der Waals surface area contributed by atoms with Gasteiger partial charge in [0.1, 0.15) is 5.78 Å². The molecule has 0 N–H and O–H groups in total. The molecule has 3 fully saturated rings. The summed E-state index contributed by atoms with van der Waals surface area (Å²) in [5.41, 5.74) is 0. The second-order valence-electron chi connectivity index (χ2n) is 5.15. The smallest absolute Gasteiger partial charge is 0.168 e. The monoisotopic (exact) mass is 210 g/mol. The molecular formula is C12H18O3. The zero-order valence-electron chi connectivity index (χ0n) is 9.04. The first-order valence-corrected chi connectivity index (χ1v) is 6.07. The molecule has 0 unspecified atom stereocenters. The number of carbonyl (C=O) groups excluding carboxylic acids is 1. The van der Waals surface area contributed by atoms with Crippen LogP contribution in [0.5, 0.6) is 0 Å². The highest BCUT2D eigenvalue weighted by Crippen LogP contribution is 2.46. The van der Waals surface area contributed by atoms with Crippen LogP contribution in [-0.2, 0) is 14.3 Å². The molecule has 84 valence electrons. The predicted octanol–water partition coefficient (Wildman–Crippen LogP) is 1.90. The van der Waals surface area contributed by atoms with Gasteiger partial charge >= 0.3 is 0 Å². The number of ketones is 1. The molecule has 1 heterocycles. The van der Waals surface area contributed by atoms with Crippen LogP contribution in [0.15, 0.2) is 0 Å². The van der Waals surface area contributed by atoms with Gasteiger partial charge in [-0.3, -0.25) is 4.79 Å². The van der Waals surface area contributed by atoms with Gasteiger partial charge in [0.05, 0.1) is 13.2 Å². The minimum Gasteiger partial charge on any atom is -0.348 e. The highest BCUT2D eigenvalue weighted by molar-refractivity contribution is 5.79. The van der Waals surface area contributed by atoms with Gasteiger partial charge in [-0.15, -0.1) is 0 Å². The molecule has 0 aromatic carbocycles. The summed E-state index contributed by atoms with van der Waals surface area (Å²) in [6.45, 7) is 1.49. The molecule has 2 atom stereocenters. The average Bonchev–Trinajstić information content (AvgIpc) is 2.67. The predicted molar refractivity (Wildman–Crippen MR) is 54.3 cm³/mol. The number of hydrogen-bond acceptors (Lipinski definition) is 3. The lowest BCUT2D eigenvalue weighted by Gasteiger charge is -2.42. The molecule has 3 rings (SSSR count). The van der Waals surface area contributed by atoms with E-state index in [0.29, 0.717) is 17.6 Å².